The van der Waals surface area contributed by atoms with Gasteiger partial charge in [-0.3, -0.25) is 0 Å². The van der Waals surface area contributed by atoms with Crippen LogP contribution in [0.15, 0.2) is 54.6 Å². The molecule has 0 saturated heterocycles. The first-order valence-corrected chi connectivity index (χ1v) is 7.02. The normalized spacial score (nSPS) is 12.0. The molecule has 3 rings (SSSR count). The minimum atomic E-state index is 0.284. The molecule has 0 spiro atoms. The smallest absolute Gasteiger partial charge is 0.204 e. The molecule has 0 radical (unpaired) electrons. The molecule has 1 atom stereocenters. The third kappa shape index (κ3) is 3.08. The zero-order valence-corrected chi connectivity index (χ0v) is 11.8. The third-order valence-electron chi connectivity index (χ3n) is 3.42. The zero-order valence-electron chi connectivity index (χ0n) is 11.8. The summed E-state index contributed by atoms with van der Waals surface area (Å²) >= 11 is 0. The van der Waals surface area contributed by atoms with Gasteiger partial charge in [0.2, 0.25) is 5.82 Å². The zero-order chi connectivity index (χ0) is 14.5. The summed E-state index contributed by atoms with van der Waals surface area (Å²) in [6, 6.07) is 18.8. The lowest BCUT2D eigenvalue weighted by Gasteiger charge is -2.19. The number of nitrogens with zero attached hydrogens (tertiary/aromatic N) is 3. The summed E-state index contributed by atoms with van der Waals surface area (Å²) < 4.78 is 0. The molecule has 5 nitrogen and oxygen atoms in total. The van der Waals surface area contributed by atoms with E-state index in [9.17, 15) is 0 Å². The molecule has 3 aromatic rings. The number of aromatic nitrogens is 4. The van der Waals surface area contributed by atoms with Crippen molar-refractivity contribution in [3.8, 4) is 11.4 Å². The van der Waals surface area contributed by atoms with Crippen molar-refractivity contribution in [3.05, 3.63) is 60.2 Å². The number of anilines is 1. The minimum absolute atomic E-state index is 0.284. The fourth-order valence-corrected chi connectivity index (χ4v) is 2.34. The van der Waals surface area contributed by atoms with Gasteiger partial charge in [-0.15, -0.1) is 10.2 Å². The predicted molar refractivity (Wildman–Crippen MR) is 82.7 cm³/mol. The average molecular weight is 279 g/mol. The Morgan fingerprint density at radius 2 is 1.95 bits per heavy atom. The van der Waals surface area contributed by atoms with Crippen molar-refractivity contribution in [1.82, 2.24) is 20.6 Å². The summed E-state index contributed by atoms with van der Waals surface area (Å²) in [6.45, 7) is 2.17. The van der Waals surface area contributed by atoms with Crippen molar-refractivity contribution in [2.24, 2.45) is 0 Å². The number of tetrazole rings is 1. The second-order valence-electron chi connectivity index (χ2n) is 4.83. The highest BCUT2D eigenvalue weighted by molar-refractivity contribution is 5.62. The van der Waals surface area contributed by atoms with E-state index in [1.165, 1.54) is 5.56 Å². The van der Waals surface area contributed by atoms with E-state index in [-0.39, 0.29) is 6.04 Å². The van der Waals surface area contributed by atoms with Gasteiger partial charge >= 0.3 is 0 Å². The molecular formula is C16H17N5. The monoisotopic (exact) mass is 279 g/mol. The molecule has 106 valence electrons. The van der Waals surface area contributed by atoms with Crippen LogP contribution < -0.4 is 5.32 Å². The highest BCUT2D eigenvalue weighted by atomic mass is 15.5. The maximum atomic E-state index is 4.01. The van der Waals surface area contributed by atoms with Gasteiger partial charge in [-0.05, 0) is 29.3 Å². The van der Waals surface area contributed by atoms with Gasteiger partial charge in [0.15, 0.2) is 0 Å². The highest BCUT2D eigenvalue weighted by Gasteiger charge is 2.09. The van der Waals surface area contributed by atoms with E-state index in [2.05, 4.69) is 63.2 Å². The van der Waals surface area contributed by atoms with Crippen molar-refractivity contribution in [3.63, 3.8) is 0 Å². The number of nitrogens with one attached hydrogen (secondary N) is 2. The molecule has 21 heavy (non-hydrogen) atoms. The molecule has 0 aliphatic heterocycles. The van der Waals surface area contributed by atoms with Crippen molar-refractivity contribution in [2.75, 3.05) is 5.32 Å². The van der Waals surface area contributed by atoms with E-state index >= 15 is 0 Å². The molecule has 5 heteroatoms. The maximum Gasteiger partial charge on any atom is 0.204 e. The predicted octanol–water partition coefficient (Wildman–Crippen LogP) is 3.43. The van der Waals surface area contributed by atoms with Crippen LogP contribution in [0.1, 0.15) is 24.9 Å². The quantitative estimate of drug-likeness (QED) is 0.751. The molecule has 0 aliphatic carbocycles. The molecule has 2 N–H and O–H groups in total. The van der Waals surface area contributed by atoms with Gasteiger partial charge in [-0.2, -0.15) is 5.21 Å². The Balaban J connectivity index is 1.82. The summed E-state index contributed by atoms with van der Waals surface area (Å²) in [4.78, 5) is 0. The van der Waals surface area contributed by atoms with Crippen LogP contribution in [0, 0.1) is 0 Å². The summed E-state index contributed by atoms with van der Waals surface area (Å²) in [5.41, 5.74) is 3.27. The fourth-order valence-electron chi connectivity index (χ4n) is 2.34. The van der Waals surface area contributed by atoms with Crippen molar-refractivity contribution >= 4 is 5.69 Å². The molecular weight excluding hydrogens is 262 g/mol. The van der Waals surface area contributed by atoms with Crippen molar-refractivity contribution < 1.29 is 0 Å². The van der Waals surface area contributed by atoms with Gasteiger partial charge in [0.05, 0.1) is 6.04 Å². The Hall–Kier alpha value is -2.69. The Bertz CT molecular complexity index is 679. The lowest BCUT2D eigenvalue weighted by molar-refractivity contribution is 0.749. The molecule has 1 aromatic heterocycles. The van der Waals surface area contributed by atoms with Crippen LogP contribution in [0.2, 0.25) is 0 Å². The molecule has 1 unspecified atom stereocenters. The molecule has 0 fully saturated rings. The molecule has 0 amide bonds. The van der Waals surface area contributed by atoms with Crippen LogP contribution in [0.4, 0.5) is 5.69 Å². The standard InChI is InChI=1S/C16H17N5/c1-2-15(12-7-4-3-5-8-12)17-14-10-6-9-13(11-14)16-18-20-21-19-16/h3-11,15,17H,2H2,1H3,(H,18,19,20,21). The van der Waals surface area contributed by atoms with E-state index < -0.39 is 0 Å². The average Bonchev–Trinajstić information content (AvgIpc) is 3.08. The van der Waals surface area contributed by atoms with E-state index in [0.29, 0.717) is 5.82 Å². The molecule has 1 heterocycles. The number of hydrogen-bond donors (Lipinski definition) is 2. The highest BCUT2D eigenvalue weighted by Crippen LogP contribution is 2.25. The Morgan fingerprint density at radius 1 is 1.10 bits per heavy atom. The number of benzene rings is 2. The Morgan fingerprint density at radius 3 is 2.67 bits per heavy atom. The van der Waals surface area contributed by atoms with Gasteiger partial charge < -0.3 is 5.32 Å². The van der Waals surface area contributed by atoms with Crippen LogP contribution in [0.3, 0.4) is 0 Å². The first-order valence-electron chi connectivity index (χ1n) is 7.02. The first kappa shape index (κ1) is 13.3. The fraction of sp³-hybridized carbons (Fsp3) is 0.188. The van der Waals surface area contributed by atoms with Gasteiger partial charge in [0.25, 0.3) is 0 Å². The lowest BCUT2D eigenvalue weighted by Crippen LogP contribution is -2.09. The largest absolute Gasteiger partial charge is 0.378 e. The van der Waals surface area contributed by atoms with Crippen LogP contribution >= 0.6 is 0 Å². The van der Waals surface area contributed by atoms with Gasteiger partial charge in [-0.25, -0.2) is 0 Å². The van der Waals surface area contributed by atoms with Crippen LogP contribution in [0.25, 0.3) is 11.4 Å². The second-order valence-corrected chi connectivity index (χ2v) is 4.83. The minimum Gasteiger partial charge on any atom is -0.378 e. The topological polar surface area (TPSA) is 66.5 Å². The van der Waals surface area contributed by atoms with E-state index in [4.69, 9.17) is 0 Å². The number of hydrogen-bond acceptors (Lipinski definition) is 4. The van der Waals surface area contributed by atoms with Crippen molar-refractivity contribution in [2.45, 2.75) is 19.4 Å². The van der Waals surface area contributed by atoms with Crippen LogP contribution in [0.5, 0.6) is 0 Å². The van der Waals surface area contributed by atoms with E-state index in [1.54, 1.807) is 0 Å². The van der Waals surface area contributed by atoms with Crippen LogP contribution in [-0.4, -0.2) is 20.6 Å². The molecule has 0 aliphatic rings. The lowest BCUT2D eigenvalue weighted by atomic mass is 10.0. The Kier molecular flexibility index (Phi) is 3.91. The van der Waals surface area contributed by atoms with E-state index in [0.717, 1.165) is 17.7 Å². The molecule has 0 saturated carbocycles. The summed E-state index contributed by atoms with van der Waals surface area (Å²) in [5.74, 6) is 0.603. The molecule has 0 bridgehead atoms. The Labute approximate surface area is 123 Å². The number of aromatic amines is 1. The van der Waals surface area contributed by atoms with E-state index in [1.807, 2.05) is 24.3 Å². The number of rotatable bonds is 5. The SMILES string of the molecule is CCC(Nc1cccc(-c2nn[nH]n2)c1)c1ccccc1. The van der Waals surface area contributed by atoms with Crippen molar-refractivity contribution in [1.29, 1.82) is 0 Å². The van der Waals surface area contributed by atoms with Crippen LogP contribution in [-0.2, 0) is 0 Å². The molecule has 2 aromatic carbocycles. The van der Waals surface area contributed by atoms with Gasteiger partial charge in [-0.1, -0.05) is 49.4 Å². The van der Waals surface area contributed by atoms with Gasteiger partial charge in [0, 0.05) is 11.3 Å². The van der Waals surface area contributed by atoms with Gasteiger partial charge in [0.1, 0.15) is 0 Å². The maximum absolute atomic E-state index is 4.01. The summed E-state index contributed by atoms with van der Waals surface area (Å²) in [7, 11) is 0. The summed E-state index contributed by atoms with van der Waals surface area (Å²) in [6.07, 6.45) is 1.01. The first-order chi connectivity index (χ1) is 10.4. The summed E-state index contributed by atoms with van der Waals surface area (Å²) in [5, 5.41) is 17.7. The third-order valence-corrected chi connectivity index (χ3v) is 3.42. The second kappa shape index (κ2) is 6.17. The number of H-pyrrole nitrogens is 1.